The van der Waals surface area contributed by atoms with E-state index in [-0.39, 0.29) is 25.9 Å². The molecule has 0 aromatic carbocycles. The van der Waals surface area contributed by atoms with Gasteiger partial charge in [-0.25, -0.2) is 4.79 Å². The molecular formula is C69H108O12. The van der Waals surface area contributed by atoms with Crippen LogP contribution in [0, 0.1) is 0 Å². The molecule has 12 nitrogen and oxygen atoms in total. The smallest absolute Gasteiger partial charge is 0.335 e. The second-order valence-electron chi connectivity index (χ2n) is 20.6. The van der Waals surface area contributed by atoms with Crippen LogP contribution in [0.4, 0.5) is 0 Å². The van der Waals surface area contributed by atoms with Crippen molar-refractivity contribution < 1.29 is 58.2 Å². The third-order valence-corrected chi connectivity index (χ3v) is 13.2. The van der Waals surface area contributed by atoms with Gasteiger partial charge in [-0.15, -0.1) is 0 Å². The van der Waals surface area contributed by atoms with Crippen LogP contribution in [0.3, 0.4) is 0 Å². The van der Waals surface area contributed by atoms with Crippen molar-refractivity contribution in [3.05, 3.63) is 134 Å². The molecular weight excluding hydrogens is 1020 g/mol. The Labute approximate surface area is 490 Å². The molecule has 0 aliphatic carbocycles. The predicted octanol–water partition coefficient (Wildman–Crippen LogP) is 16.6. The number of carbonyl (C=O) groups is 4. The summed E-state index contributed by atoms with van der Waals surface area (Å²) < 4.78 is 28.3. The number of aliphatic carboxylic acids is 1. The van der Waals surface area contributed by atoms with E-state index >= 15 is 0 Å². The fraction of sp³-hybridized carbons (Fsp3) is 0.623. The molecule has 12 heteroatoms. The van der Waals surface area contributed by atoms with Crippen LogP contribution in [0.25, 0.3) is 0 Å². The van der Waals surface area contributed by atoms with Gasteiger partial charge >= 0.3 is 23.9 Å². The number of carboxylic acids is 1. The lowest BCUT2D eigenvalue weighted by molar-refractivity contribution is -0.301. The first-order chi connectivity index (χ1) is 39.6. The Balaban J connectivity index is 2.76. The average Bonchev–Trinajstić information content (AvgIpc) is 3.52. The van der Waals surface area contributed by atoms with Crippen molar-refractivity contribution in [1.82, 2.24) is 0 Å². The SMILES string of the molecule is CC/C=C\C/C=C\C/C=C\C/C=C\C/C=C\CCCC(=O)OC(COC(=O)CCCCCCCCCCC/C=C\CCCCCCCC)COC1OC(C(=O)O)C(O)C(O)C1OC(=O)C/C=C\C/C=C\C/C=C\C/C=C\C/C=C\CC. The zero-order chi connectivity index (χ0) is 58.9. The Bertz CT molecular complexity index is 1920. The number of carbonyl (C=O) groups excluding carboxylic acids is 3. The maximum Gasteiger partial charge on any atom is 0.335 e. The third-order valence-electron chi connectivity index (χ3n) is 13.2. The van der Waals surface area contributed by atoms with Gasteiger partial charge in [0.25, 0.3) is 0 Å². The van der Waals surface area contributed by atoms with Gasteiger partial charge in [0.1, 0.15) is 18.8 Å². The van der Waals surface area contributed by atoms with E-state index in [1.807, 2.05) is 24.3 Å². The second kappa shape index (κ2) is 55.4. The Morgan fingerprint density at radius 2 is 0.827 bits per heavy atom. The molecule has 1 aliphatic rings. The molecule has 1 saturated heterocycles. The number of esters is 3. The average molecular weight is 1130 g/mol. The van der Waals surface area contributed by atoms with Crippen molar-refractivity contribution in [3.63, 3.8) is 0 Å². The number of hydrogen-bond acceptors (Lipinski definition) is 11. The Morgan fingerprint density at radius 1 is 0.432 bits per heavy atom. The van der Waals surface area contributed by atoms with E-state index < -0.39 is 67.3 Å². The molecule has 81 heavy (non-hydrogen) atoms. The summed E-state index contributed by atoms with van der Waals surface area (Å²) in [6.45, 7) is 5.67. The highest BCUT2D eigenvalue weighted by molar-refractivity contribution is 5.74. The number of aliphatic hydroxyl groups excluding tert-OH is 2. The Kier molecular flexibility index (Phi) is 50.5. The number of carboxylic acid groups (broad SMARTS) is 1. The lowest BCUT2D eigenvalue weighted by Gasteiger charge is -2.40. The van der Waals surface area contributed by atoms with E-state index in [0.29, 0.717) is 25.7 Å². The van der Waals surface area contributed by atoms with Gasteiger partial charge in [-0.2, -0.15) is 0 Å². The van der Waals surface area contributed by atoms with Crippen LogP contribution in [-0.4, -0.2) is 89.2 Å². The maximum absolute atomic E-state index is 13.2. The molecule has 1 fully saturated rings. The Hall–Kier alpha value is -5.14. The first kappa shape index (κ1) is 73.9. The van der Waals surface area contributed by atoms with E-state index in [4.69, 9.17) is 23.7 Å². The first-order valence-electron chi connectivity index (χ1n) is 31.2. The molecule has 3 N–H and O–H groups in total. The first-order valence-corrected chi connectivity index (χ1v) is 31.2. The molecule has 456 valence electrons. The molecule has 0 aromatic rings. The quantitative estimate of drug-likeness (QED) is 0.0228. The number of aliphatic hydroxyl groups is 2. The van der Waals surface area contributed by atoms with Crippen molar-refractivity contribution in [2.24, 2.45) is 0 Å². The summed E-state index contributed by atoms with van der Waals surface area (Å²) >= 11 is 0. The topological polar surface area (TPSA) is 175 Å². The van der Waals surface area contributed by atoms with Crippen LogP contribution in [0.2, 0.25) is 0 Å². The molecule has 0 bridgehead atoms. The van der Waals surface area contributed by atoms with E-state index in [1.54, 1.807) is 12.2 Å². The number of hydrogen-bond donors (Lipinski definition) is 3. The minimum atomic E-state index is -1.95. The lowest BCUT2D eigenvalue weighted by atomic mass is 9.98. The van der Waals surface area contributed by atoms with Crippen molar-refractivity contribution in [3.8, 4) is 0 Å². The third kappa shape index (κ3) is 45.1. The molecule has 0 saturated carbocycles. The lowest BCUT2D eigenvalue weighted by Crippen LogP contribution is -2.61. The van der Waals surface area contributed by atoms with Crippen LogP contribution in [-0.2, 0) is 42.9 Å². The highest BCUT2D eigenvalue weighted by Crippen LogP contribution is 2.26. The molecule has 6 unspecified atom stereocenters. The monoisotopic (exact) mass is 1130 g/mol. The predicted molar refractivity (Wildman–Crippen MR) is 330 cm³/mol. The van der Waals surface area contributed by atoms with Gasteiger partial charge < -0.3 is 39.0 Å². The van der Waals surface area contributed by atoms with Gasteiger partial charge in [-0.05, 0) is 109 Å². The minimum absolute atomic E-state index is 0.0669. The summed E-state index contributed by atoms with van der Waals surface area (Å²) in [4.78, 5) is 51.2. The summed E-state index contributed by atoms with van der Waals surface area (Å²) in [6.07, 6.45) is 65.9. The molecule has 0 radical (unpaired) electrons. The summed E-state index contributed by atoms with van der Waals surface area (Å²) in [5, 5.41) is 31.5. The number of rotatable bonds is 51. The molecule has 6 atom stereocenters. The number of allylic oxidation sites excluding steroid dienone is 21. The van der Waals surface area contributed by atoms with Gasteiger partial charge in [-0.3, -0.25) is 14.4 Å². The maximum atomic E-state index is 13.2. The van der Waals surface area contributed by atoms with E-state index in [0.717, 1.165) is 83.5 Å². The summed E-state index contributed by atoms with van der Waals surface area (Å²) in [7, 11) is 0. The van der Waals surface area contributed by atoms with Crippen molar-refractivity contribution in [2.75, 3.05) is 13.2 Å². The molecule has 0 spiro atoms. The number of unbranched alkanes of at least 4 members (excludes halogenated alkanes) is 16. The summed E-state index contributed by atoms with van der Waals surface area (Å²) in [5.74, 6) is -3.38. The summed E-state index contributed by atoms with van der Waals surface area (Å²) in [5.41, 5.74) is 0. The second-order valence-corrected chi connectivity index (χ2v) is 20.6. The van der Waals surface area contributed by atoms with Gasteiger partial charge in [0.05, 0.1) is 13.0 Å². The summed E-state index contributed by atoms with van der Waals surface area (Å²) in [6, 6.07) is 0. The molecule has 0 aromatic heterocycles. The zero-order valence-electron chi connectivity index (χ0n) is 50.2. The van der Waals surface area contributed by atoms with Crippen molar-refractivity contribution >= 4 is 23.9 Å². The minimum Gasteiger partial charge on any atom is -0.479 e. The van der Waals surface area contributed by atoms with Crippen LogP contribution >= 0.6 is 0 Å². The highest BCUT2D eigenvalue weighted by Gasteiger charge is 2.50. The van der Waals surface area contributed by atoms with Gasteiger partial charge in [0, 0.05) is 12.8 Å². The standard InChI is InChI=1S/C69H108O12/c1-4-7-10-13-16-19-22-25-28-30-31-33-35-37-40-43-46-49-52-55-61(70)77-58-60(79-62(71)56-53-50-47-44-41-39-36-32-29-26-23-20-17-14-11-8-5-2)59-78-69-67(65(74)64(73)66(81-69)68(75)76)80-63(72)57-54-51-48-45-42-38-34-27-24-21-18-15-12-9-6-3/h8-9,11-12,17-18,20-21,25-29,34,36,39,42,44-45,47,51,54,60,64-67,69,73-74H,4-7,10,13-16,19,22-24,30-33,35,37-38,40-41,43,46,48-50,52-53,55-59H2,1-3H3,(H,75,76)/b11-8-,12-9-,20-17-,21-18-,28-25-,29-26-,34-27-,39-36-,45-42-,47-44-,54-51-. The van der Waals surface area contributed by atoms with Gasteiger partial charge in [-0.1, -0.05) is 231 Å². The Morgan fingerprint density at radius 3 is 1.30 bits per heavy atom. The van der Waals surface area contributed by atoms with Crippen molar-refractivity contribution in [1.29, 1.82) is 0 Å². The fourth-order valence-electron chi connectivity index (χ4n) is 8.53. The molecule has 1 rings (SSSR count). The number of ether oxygens (including phenoxy) is 5. The zero-order valence-corrected chi connectivity index (χ0v) is 50.2. The normalized spacial score (nSPS) is 18.7. The van der Waals surface area contributed by atoms with Crippen LogP contribution in [0.15, 0.2) is 134 Å². The van der Waals surface area contributed by atoms with Crippen molar-refractivity contribution in [2.45, 2.75) is 263 Å². The fourth-order valence-corrected chi connectivity index (χ4v) is 8.53. The van der Waals surface area contributed by atoms with E-state index in [1.165, 1.54) is 77.0 Å². The largest absolute Gasteiger partial charge is 0.479 e. The molecule has 0 amide bonds. The van der Waals surface area contributed by atoms with Gasteiger partial charge in [0.15, 0.2) is 24.6 Å². The molecule has 1 aliphatic heterocycles. The van der Waals surface area contributed by atoms with Gasteiger partial charge in [0.2, 0.25) is 0 Å². The molecule has 1 heterocycles. The van der Waals surface area contributed by atoms with E-state index in [2.05, 4.69) is 118 Å². The van der Waals surface area contributed by atoms with Crippen LogP contribution in [0.5, 0.6) is 0 Å². The van der Waals surface area contributed by atoms with Crippen LogP contribution < -0.4 is 0 Å². The van der Waals surface area contributed by atoms with Crippen LogP contribution in [0.1, 0.15) is 226 Å². The van der Waals surface area contributed by atoms with E-state index in [9.17, 15) is 34.5 Å². The highest BCUT2D eigenvalue weighted by atomic mass is 16.7.